The lowest BCUT2D eigenvalue weighted by Crippen LogP contribution is -2.36. The van der Waals surface area contributed by atoms with Crippen LogP contribution in [0.2, 0.25) is 0 Å². The molecule has 0 aromatic heterocycles. The Morgan fingerprint density at radius 1 is 1.24 bits per heavy atom. The second kappa shape index (κ2) is 5.51. The van der Waals surface area contributed by atoms with Crippen LogP contribution in [0.25, 0.3) is 0 Å². The van der Waals surface area contributed by atoms with E-state index in [0.717, 1.165) is 12.8 Å². The van der Waals surface area contributed by atoms with Gasteiger partial charge in [-0.1, -0.05) is 6.07 Å². The van der Waals surface area contributed by atoms with E-state index in [9.17, 15) is 9.59 Å². The van der Waals surface area contributed by atoms with Crippen molar-refractivity contribution in [1.82, 2.24) is 4.90 Å². The third kappa shape index (κ3) is 3.26. The van der Waals surface area contributed by atoms with Gasteiger partial charge in [-0.3, -0.25) is 9.59 Å². The minimum absolute atomic E-state index is 0.0249. The summed E-state index contributed by atoms with van der Waals surface area (Å²) in [7, 11) is 1.86. The summed E-state index contributed by atoms with van der Waals surface area (Å²) in [6.45, 7) is 2.11. The zero-order chi connectivity index (χ0) is 15.0. The molecule has 2 fully saturated rings. The van der Waals surface area contributed by atoms with Crippen molar-refractivity contribution in [2.75, 3.05) is 12.4 Å². The summed E-state index contributed by atoms with van der Waals surface area (Å²) in [6.07, 6.45) is 4.39. The summed E-state index contributed by atoms with van der Waals surface area (Å²) in [5.41, 5.74) is 1.35. The van der Waals surface area contributed by atoms with Gasteiger partial charge in [0.05, 0.1) is 0 Å². The van der Waals surface area contributed by atoms with E-state index in [1.165, 1.54) is 12.8 Å². The van der Waals surface area contributed by atoms with Crippen molar-refractivity contribution < 1.29 is 9.59 Å². The molecule has 4 heteroatoms. The molecule has 4 nitrogen and oxygen atoms in total. The standard InChI is InChI=1S/C17H22N2O2/c1-11(12-6-7-12)19(2)17(21)14-4-3-5-15(10-14)18-16(20)13-8-9-13/h3-5,10-13H,6-9H2,1-2H3,(H,18,20). The summed E-state index contributed by atoms with van der Waals surface area (Å²) in [5, 5.41) is 2.89. The molecule has 0 heterocycles. The Morgan fingerprint density at radius 2 is 1.95 bits per heavy atom. The topological polar surface area (TPSA) is 49.4 Å². The molecule has 1 N–H and O–H groups in total. The molecule has 2 amide bonds. The first-order valence-corrected chi connectivity index (χ1v) is 7.74. The van der Waals surface area contributed by atoms with E-state index in [0.29, 0.717) is 17.2 Å². The molecule has 1 aromatic carbocycles. The Balaban J connectivity index is 1.69. The molecule has 1 atom stereocenters. The van der Waals surface area contributed by atoms with Crippen LogP contribution in [-0.2, 0) is 4.79 Å². The highest BCUT2D eigenvalue weighted by molar-refractivity contribution is 5.98. The van der Waals surface area contributed by atoms with Crippen LogP contribution >= 0.6 is 0 Å². The lowest BCUT2D eigenvalue weighted by Gasteiger charge is -2.25. The summed E-state index contributed by atoms with van der Waals surface area (Å²) >= 11 is 0. The van der Waals surface area contributed by atoms with Crippen LogP contribution in [0.1, 0.15) is 43.0 Å². The number of rotatable bonds is 5. The van der Waals surface area contributed by atoms with Gasteiger partial charge in [-0.2, -0.15) is 0 Å². The van der Waals surface area contributed by atoms with Gasteiger partial charge >= 0.3 is 0 Å². The normalized spacial score (nSPS) is 19.0. The van der Waals surface area contributed by atoms with Crippen molar-refractivity contribution in [3.05, 3.63) is 29.8 Å². The Kier molecular flexibility index (Phi) is 3.70. The second-order valence-electron chi connectivity index (χ2n) is 6.34. The van der Waals surface area contributed by atoms with Gasteiger partial charge in [0.1, 0.15) is 0 Å². The van der Waals surface area contributed by atoms with Crippen LogP contribution in [0.3, 0.4) is 0 Å². The van der Waals surface area contributed by atoms with Gasteiger partial charge in [0.15, 0.2) is 0 Å². The van der Waals surface area contributed by atoms with Crippen LogP contribution in [-0.4, -0.2) is 29.8 Å². The Morgan fingerprint density at radius 3 is 2.57 bits per heavy atom. The fourth-order valence-corrected chi connectivity index (χ4v) is 2.60. The van der Waals surface area contributed by atoms with E-state index in [-0.39, 0.29) is 23.8 Å². The number of nitrogens with one attached hydrogen (secondary N) is 1. The predicted molar refractivity (Wildman–Crippen MR) is 82.1 cm³/mol. The molecule has 1 unspecified atom stereocenters. The molecule has 0 aliphatic heterocycles. The number of hydrogen-bond donors (Lipinski definition) is 1. The van der Waals surface area contributed by atoms with Gasteiger partial charge in [-0.25, -0.2) is 0 Å². The molecule has 2 aliphatic carbocycles. The quantitative estimate of drug-likeness (QED) is 0.904. The van der Waals surface area contributed by atoms with Gasteiger partial charge in [0.2, 0.25) is 5.91 Å². The lowest BCUT2D eigenvalue weighted by molar-refractivity contribution is -0.117. The third-order valence-corrected chi connectivity index (χ3v) is 4.56. The zero-order valence-corrected chi connectivity index (χ0v) is 12.6. The van der Waals surface area contributed by atoms with Crippen molar-refractivity contribution in [1.29, 1.82) is 0 Å². The first-order chi connectivity index (χ1) is 10.1. The first-order valence-electron chi connectivity index (χ1n) is 7.74. The highest BCUT2D eigenvalue weighted by atomic mass is 16.2. The van der Waals surface area contributed by atoms with E-state index in [2.05, 4.69) is 12.2 Å². The average molecular weight is 286 g/mol. The fraction of sp³-hybridized carbons (Fsp3) is 0.529. The molecular weight excluding hydrogens is 264 g/mol. The van der Waals surface area contributed by atoms with Crippen molar-refractivity contribution in [3.8, 4) is 0 Å². The van der Waals surface area contributed by atoms with Gasteiger partial charge in [-0.05, 0) is 56.7 Å². The van der Waals surface area contributed by atoms with Gasteiger partial charge in [0.25, 0.3) is 5.91 Å². The molecule has 3 rings (SSSR count). The number of anilines is 1. The summed E-state index contributed by atoms with van der Waals surface area (Å²) < 4.78 is 0. The van der Waals surface area contributed by atoms with Crippen molar-refractivity contribution in [3.63, 3.8) is 0 Å². The molecule has 1 aromatic rings. The SMILES string of the molecule is CC(C1CC1)N(C)C(=O)c1cccc(NC(=O)C2CC2)c1. The largest absolute Gasteiger partial charge is 0.339 e. The number of carbonyl (C=O) groups excluding carboxylic acids is 2. The maximum atomic E-state index is 12.5. The second-order valence-corrected chi connectivity index (χ2v) is 6.34. The van der Waals surface area contributed by atoms with Gasteiger partial charge < -0.3 is 10.2 Å². The van der Waals surface area contributed by atoms with E-state index in [1.807, 2.05) is 30.1 Å². The molecule has 0 saturated heterocycles. The highest BCUT2D eigenvalue weighted by Gasteiger charge is 2.33. The van der Waals surface area contributed by atoms with Gasteiger partial charge in [-0.15, -0.1) is 0 Å². The smallest absolute Gasteiger partial charge is 0.253 e. The van der Waals surface area contributed by atoms with Crippen molar-refractivity contribution in [2.24, 2.45) is 11.8 Å². The average Bonchev–Trinajstić information content (AvgIpc) is 3.37. The summed E-state index contributed by atoms with van der Waals surface area (Å²) in [6, 6.07) is 7.53. The maximum absolute atomic E-state index is 12.5. The Bertz CT molecular complexity index is 562. The fourth-order valence-electron chi connectivity index (χ4n) is 2.60. The number of amides is 2. The molecule has 2 aliphatic rings. The Labute approximate surface area is 125 Å². The van der Waals surface area contributed by atoms with E-state index in [4.69, 9.17) is 0 Å². The molecule has 112 valence electrons. The number of carbonyl (C=O) groups is 2. The molecule has 0 spiro atoms. The third-order valence-electron chi connectivity index (χ3n) is 4.56. The maximum Gasteiger partial charge on any atom is 0.253 e. The molecule has 21 heavy (non-hydrogen) atoms. The zero-order valence-electron chi connectivity index (χ0n) is 12.6. The van der Waals surface area contributed by atoms with Gasteiger partial charge in [0, 0.05) is 30.3 Å². The minimum Gasteiger partial charge on any atom is -0.339 e. The Hall–Kier alpha value is -1.84. The summed E-state index contributed by atoms with van der Waals surface area (Å²) in [5.74, 6) is 0.912. The monoisotopic (exact) mass is 286 g/mol. The van der Waals surface area contributed by atoms with E-state index in [1.54, 1.807) is 6.07 Å². The number of benzene rings is 1. The van der Waals surface area contributed by atoms with E-state index >= 15 is 0 Å². The number of nitrogens with zero attached hydrogens (tertiary/aromatic N) is 1. The van der Waals surface area contributed by atoms with Crippen LogP contribution in [0, 0.1) is 11.8 Å². The minimum atomic E-state index is 0.0249. The van der Waals surface area contributed by atoms with Crippen LogP contribution in [0.4, 0.5) is 5.69 Å². The highest BCUT2D eigenvalue weighted by Crippen LogP contribution is 2.35. The van der Waals surface area contributed by atoms with Crippen molar-refractivity contribution >= 4 is 17.5 Å². The van der Waals surface area contributed by atoms with Crippen LogP contribution < -0.4 is 5.32 Å². The van der Waals surface area contributed by atoms with Crippen molar-refractivity contribution in [2.45, 2.75) is 38.6 Å². The van der Waals surface area contributed by atoms with E-state index < -0.39 is 0 Å². The lowest BCUT2D eigenvalue weighted by atomic mass is 10.1. The van der Waals surface area contributed by atoms with Crippen LogP contribution in [0.5, 0.6) is 0 Å². The summed E-state index contributed by atoms with van der Waals surface area (Å²) in [4.78, 5) is 26.1. The first kappa shape index (κ1) is 14.1. The molecule has 0 bridgehead atoms. The molecule has 2 saturated carbocycles. The molecular formula is C17H22N2O2. The molecule has 0 radical (unpaired) electrons. The number of hydrogen-bond acceptors (Lipinski definition) is 2. The predicted octanol–water partition coefficient (Wildman–Crippen LogP) is 2.91. The van der Waals surface area contributed by atoms with Crippen LogP contribution in [0.15, 0.2) is 24.3 Å².